The van der Waals surface area contributed by atoms with Crippen molar-refractivity contribution < 1.29 is 9.59 Å². The Labute approximate surface area is 145 Å². The van der Waals surface area contributed by atoms with Gasteiger partial charge in [0.05, 0.1) is 20.8 Å². The molecular formula is C15H8Cl3NO2S. The summed E-state index contributed by atoms with van der Waals surface area (Å²) in [6.07, 6.45) is 0. The highest BCUT2D eigenvalue weighted by Gasteiger charge is 2.35. The molecule has 0 fully saturated rings. The highest BCUT2D eigenvalue weighted by atomic mass is 35.5. The quantitative estimate of drug-likeness (QED) is 0.600. The van der Waals surface area contributed by atoms with E-state index in [9.17, 15) is 9.59 Å². The minimum atomic E-state index is -0.912. The van der Waals surface area contributed by atoms with E-state index in [1.54, 1.807) is 30.3 Å². The first-order valence-corrected chi connectivity index (χ1v) is 8.24. The van der Waals surface area contributed by atoms with E-state index >= 15 is 0 Å². The molecule has 2 aromatic carbocycles. The van der Waals surface area contributed by atoms with Crippen LogP contribution in [0.2, 0.25) is 15.1 Å². The summed E-state index contributed by atoms with van der Waals surface area (Å²) in [4.78, 5) is 25.2. The van der Waals surface area contributed by atoms with E-state index in [2.05, 4.69) is 5.32 Å². The molecule has 1 atom stereocenters. The Morgan fingerprint density at radius 1 is 0.955 bits per heavy atom. The van der Waals surface area contributed by atoms with Crippen LogP contribution in [0.3, 0.4) is 0 Å². The van der Waals surface area contributed by atoms with Gasteiger partial charge in [-0.3, -0.25) is 9.59 Å². The summed E-state index contributed by atoms with van der Waals surface area (Å²) in [5, 5.41) is 2.79. The van der Waals surface area contributed by atoms with Crippen molar-refractivity contribution in [2.24, 2.45) is 0 Å². The van der Waals surface area contributed by atoms with Gasteiger partial charge in [-0.1, -0.05) is 46.9 Å². The molecule has 3 nitrogen and oxygen atoms in total. The Morgan fingerprint density at radius 2 is 1.64 bits per heavy atom. The summed E-state index contributed by atoms with van der Waals surface area (Å²) in [6.45, 7) is 0. The Balaban J connectivity index is 1.95. The van der Waals surface area contributed by atoms with E-state index < -0.39 is 5.25 Å². The third-order valence-electron chi connectivity index (χ3n) is 3.15. The number of benzene rings is 2. The molecule has 7 heteroatoms. The Bertz CT molecular complexity index is 794. The van der Waals surface area contributed by atoms with Crippen molar-refractivity contribution in [3.8, 4) is 0 Å². The molecule has 1 unspecified atom stereocenters. The number of hydrogen-bond donors (Lipinski definition) is 1. The third kappa shape index (κ3) is 2.84. The van der Waals surface area contributed by atoms with Gasteiger partial charge in [-0.25, -0.2) is 0 Å². The largest absolute Gasteiger partial charge is 0.324 e. The van der Waals surface area contributed by atoms with Crippen LogP contribution in [0, 0.1) is 0 Å². The highest BCUT2D eigenvalue weighted by molar-refractivity contribution is 8.01. The molecule has 2 aromatic rings. The number of amides is 1. The van der Waals surface area contributed by atoms with Gasteiger partial charge in [-0.15, -0.1) is 11.8 Å². The first-order chi connectivity index (χ1) is 10.5. The molecule has 0 spiro atoms. The lowest BCUT2D eigenvalue weighted by Crippen LogP contribution is -2.37. The van der Waals surface area contributed by atoms with Crippen LogP contribution in [0.15, 0.2) is 41.3 Å². The number of rotatable bonds is 2. The third-order valence-corrected chi connectivity index (χ3v) is 5.55. The van der Waals surface area contributed by atoms with Gasteiger partial charge in [-0.05, 0) is 24.3 Å². The van der Waals surface area contributed by atoms with E-state index in [1.165, 1.54) is 6.07 Å². The predicted octanol–water partition coefficient (Wildman–Crippen LogP) is 4.94. The van der Waals surface area contributed by atoms with E-state index in [0.717, 1.165) is 11.8 Å². The van der Waals surface area contributed by atoms with Crippen molar-refractivity contribution in [1.82, 2.24) is 0 Å². The van der Waals surface area contributed by atoms with Gasteiger partial charge in [0.25, 0.3) is 0 Å². The number of para-hydroxylation sites is 1. The highest BCUT2D eigenvalue weighted by Crippen LogP contribution is 2.39. The fraction of sp³-hybridized carbons (Fsp3) is 0.0667. The molecule has 112 valence electrons. The Morgan fingerprint density at radius 3 is 2.41 bits per heavy atom. The summed E-state index contributed by atoms with van der Waals surface area (Å²) in [6, 6.07) is 9.93. The number of carbonyl (C=O) groups excluding carboxylic acids is 2. The summed E-state index contributed by atoms with van der Waals surface area (Å²) in [5.74, 6) is -0.637. The van der Waals surface area contributed by atoms with Crippen molar-refractivity contribution in [3.63, 3.8) is 0 Å². The number of anilines is 1. The molecule has 0 aliphatic carbocycles. The first kappa shape index (κ1) is 15.7. The van der Waals surface area contributed by atoms with E-state index in [1.807, 2.05) is 0 Å². The molecule has 1 aliphatic heterocycles. The van der Waals surface area contributed by atoms with Gasteiger partial charge in [-0.2, -0.15) is 0 Å². The summed E-state index contributed by atoms with van der Waals surface area (Å²) >= 11 is 19.0. The predicted molar refractivity (Wildman–Crippen MR) is 90.5 cm³/mol. The molecule has 0 bridgehead atoms. The van der Waals surface area contributed by atoms with Crippen molar-refractivity contribution in [1.29, 1.82) is 0 Å². The normalized spacial score (nSPS) is 17.1. The van der Waals surface area contributed by atoms with Crippen molar-refractivity contribution >= 4 is 63.9 Å². The number of halogens is 3. The molecular weight excluding hydrogens is 365 g/mol. The van der Waals surface area contributed by atoms with Crippen LogP contribution in [0.1, 0.15) is 10.4 Å². The Kier molecular flexibility index (Phi) is 4.37. The van der Waals surface area contributed by atoms with Gasteiger partial charge < -0.3 is 5.32 Å². The first-order valence-electron chi connectivity index (χ1n) is 6.22. The van der Waals surface area contributed by atoms with Crippen LogP contribution in [-0.4, -0.2) is 16.9 Å². The fourth-order valence-corrected chi connectivity index (χ4v) is 3.85. The lowest BCUT2D eigenvalue weighted by atomic mass is 10.0. The maximum Gasteiger partial charge on any atom is 0.245 e. The maximum absolute atomic E-state index is 12.5. The molecule has 1 amide bonds. The molecule has 0 radical (unpaired) electrons. The zero-order valence-electron chi connectivity index (χ0n) is 10.9. The average Bonchev–Trinajstić information content (AvgIpc) is 2.48. The zero-order valence-corrected chi connectivity index (χ0v) is 14.0. The molecule has 1 N–H and O–H groups in total. The summed E-state index contributed by atoms with van der Waals surface area (Å²) in [7, 11) is 0. The number of ketones is 1. The topological polar surface area (TPSA) is 46.2 Å². The molecule has 1 heterocycles. The minimum Gasteiger partial charge on any atom is -0.324 e. The molecule has 22 heavy (non-hydrogen) atoms. The molecule has 1 aliphatic rings. The van der Waals surface area contributed by atoms with Crippen molar-refractivity contribution in [2.75, 3.05) is 5.32 Å². The number of fused-ring (bicyclic) bond motifs is 1. The van der Waals surface area contributed by atoms with Gasteiger partial charge in [0.2, 0.25) is 5.91 Å². The average molecular weight is 373 g/mol. The zero-order chi connectivity index (χ0) is 15.9. The van der Waals surface area contributed by atoms with Crippen LogP contribution < -0.4 is 5.32 Å². The van der Waals surface area contributed by atoms with Crippen LogP contribution in [0.4, 0.5) is 5.69 Å². The lowest BCUT2D eigenvalue weighted by molar-refractivity contribution is -0.115. The smallest absolute Gasteiger partial charge is 0.245 e. The van der Waals surface area contributed by atoms with E-state index in [0.29, 0.717) is 31.2 Å². The van der Waals surface area contributed by atoms with Gasteiger partial charge >= 0.3 is 0 Å². The van der Waals surface area contributed by atoms with Gasteiger partial charge in [0.15, 0.2) is 11.0 Å². The SMILES string of the molecule is O=C1Nc2ccccc2C(=O)C1Sc1cc(Cl)c(Cl)cc1Cl. The second kappa shape index (κ2) is 6.13. The minimum absolute atomic E-state index is 0.258. The number of carbonyl (C=O) groups is 2. The van der Waals surface area contributed by atoms with Crippen LogP contribution in [-0.2, 0) is 4.79 Å². The van der Waals surface area contributed by atoms with Crippen LogP contribution in [0.25, 0.3) is 0 Å². The maximum atomic E-state index is 12.5. The molecule has 0 aromatic heterocycles. The van der Waals surface area contributed by atoms with Crippen LogP contribution in [0.5, 0.6) is 0 Å². The van der Waals surface area contributed by atoms with E-state index in [4.69, 9.17) is 34.8 Å². The van der Waals surface area contributed by atoms with Crippen molar-refractivity contribution in [2.45, 2.75) is 10.1 Å². The van der Waals surface area contributed by atoms with Crippen LogP contribution >= 0.6 is 46.6 Å². The fourth-order valence-electron chi connectivity index (χ4n) is 2.09. The molecule has 0 saturated heterocycles. The standard InChI is InChI=1S/C15H8Cl3NO2S/c16-8-5-10(18)12(6-9(8)17)22-14-13(20)7-3-1-2-4-11(7)19-15(14)21/h1-6,14H,(H,19,21). The number of hydrogen-bond acceptors (Lipinski definition) is 3. The monoisotopic (exact) mass is 371 g/mol. The molecule has 0 saturated carbocycles. The number of nitrogens with one attached hydrogen (secondary N) is 1. The second-order valence-corrected chi connectivity index (χ2v) is 6.96. The number of thioether (sulfide) groups is 1. The molecule has 3 rings (SSSR count). The summed E-state index contributed by atoms with van der Waals surface area (Å²) in [5.41, 5.74) is 1.00. The Hall–Kier alpha value is -1.20. The van der Waals surface area contributed by atoms with Crippen molar-refractivity contribution in [3.05, 3.63) is 57.0 Å². The lowest BCUT2D eigenvalue weighted by Gasteiger charge is -2.23. The van der Waals surface area contributed by atoms with E-state index in [-0.39, 0.29) is 11.7 Å². The van der Waals surface area contributed by atoms with Gasteiger partial charge in [0, 0.05) is 10.5 Å². The number of Topliss-reactive ketones (excluding diaryl/α,β-unsaturated/α-hetero) is 1. The second-order valence-electron chi connectivity index (χ2n) is 4.59. The van der Waals surface area contributed by atoms with Gasteiger partial charge in [0.1, 0.15) is 0 Å². The summed E-state index contributed by atoms with van der Waals surface area (Å²) < 4.78 is 0.